The van der Waals surface area contributed by atoms with Crippen molar-refractivity contribution in [2.75, 3.05) is 5.32 Å². The molecule has 0 atom stereocenters. The van der Waals surface area contributed by atoms with Gasteiger partial charge in [-0.15, -0.1) is 0 Å². The number of carbonyl (C=O) groups excluding carboxylic acids is 3. The third kappa shape index (κ3) is 7.64. The van der Waals surface area contributed by atoms with Gasteiger partial charge in [-0.25, -0.2) is 14.6 Å². The molecule has 3 aromatic rings. The van der Waals surface area contributed by atoms with E-state index < -0.39 is 29.7 Å². The minimum Gasteiger partial charge on any atom is -0.352 e. The lowest BCUT2D eigenvalue weighted by atomic mass is 10.1. The lowest BCUT2D eigenvalue weighted by molar-refractivity contribution is -0.137. The number of primary amides is 2. The largest absolute Gasteiger partial charge is 0.416 e. The molecule has 1 aromatic heterocycles. The van der Waals surface area contributed by atoms with Gasteiger partial charge < -0.3 is 11.5 Å². The van der Waals surface area contributed by atoms with Gasteiger partial charge in [-0.3, -0.25) is 15.4 Å². The Balaban J connectivity index is 0.000000945. The van der Waals surface area contributed by atoms with E-state index in [1.54, 1.807) is 12.1 Å². The van der Waals surface area contributed by atoms with Crippen molar-refractivity contribution in [2.24, 2.45) is 11.5 Å². The fourth-order valence-electron chi connectivity index (χ4n) is 2.52. The second-order valence-corrected chi connectivity index (χ2v) is 7.23. The number of halogens is 5. The van der Waals surface area contributed by atoms with E-state index in [9.17, 15) is 22.8 Å². The molecule has 0 aliphatic rings. The number of hydrogen-bond acceptors (Lipinski definition) is 4. The lowest BCUT2D eigenvalue weighted by Gasteiger charge is -2.10. The van der Waals surface area contributed by atoms with Gasteiger partial charge in [0.25, 0.3) is 5.91 Å². The Hall–Kier alpha value is -3.83. The smallest absolute Gasteiger partial charge is 0.352 e. The topological polar surface area (TPSA) is 140 Å². The van der Waals surface area contributed by atoms with Crippen LogP contribution in [0.15, 0.2) is 60.8 Å². The first-order valence-corrected chi connectivity index (χ1v) is 9.89. The number of anilines is 1. The van der Waals surface area contributed by atoms with Crippen LogP contribution in [0.2, 0.25) is 10.0 Å². The summed E-state index contributed by atoms with van der Waals surface area (Å²) in [6.45, 7) is 0. The SMILES string of the molecule is NC(N)=O.O=C(NC(=O)c1c(Cl)cccc1Cl)Nc1ccc(-c2ccc(C(F)(F)F)cc2)cn1. The van der Waals surface area contributed by atoms with Crippen molar-refractivity contribution in [3.63, 3.8) is 0 Å². The first kappa shape index (κ1) is 26.4. The molecule has 0 saturated carbocycles. The van der Waals surface area contributed by atoms with Gasteiger partial charge in [0, 0.05) is 11.8 Å². The molecule has 3 rings (SSSR count). The number of aromatic nitrogens is 1. The molecule has 0 aliphatic carbocycles. The number of imide groups is 1. The van der Waals surface area contributed by atoms with Gasteiger partial charge in [-0.1, -0.05) is 41.4 Å². The predicted molar refractivity (Wildman–Crippen MR) is 121 cm³/mol. The summed E-state index contributed by atoms with van der Waals surface area (Å²) in [4.78, 5) is 37.2. The van der Waals surface area contributed by atoms with Crippen molar-refractivity contribution in [1.82, 2.24) is 10.3 Å². The zero-order chi connectivity index (χ0) is 25.5. The van der Waals surface area contributed by atoms with E-state index in [-0.39, 0.29) is 21.4 Å². The molecule has 0 saturated heterocycles. The third-order valence-corrected chi connectivity index (χ3v) is 4.60. The summed E-state index contributed by atoms with van der Waals surface area (Å²) in [5, 5.41) is 4.64. The second-order valence-electron chi connectivity index (χ2n) is 6.41. The molecular formula is C21H16Cl2F3N5O3. The fourth-order valence-corrected chi connectivity index (χ4v) is 3.09. The van der Waals surface area contributed by atoms with Crippen LogP contribution in [0.5, 0.6) is 0 Å². The summed E-state index contributed by atoms with van der Waals surface area (Å²) in [6.07, 6.45) is -3.03. The number of benzene rings is 2. The van der Waals surface area contributed by atoms with Crippen LogP contribution in [0.1, 0.15) is 15.9 Å². The summed E-state index contributed by atoms with van der Waals surface area (Å²) in [7, 11) is 0. The summed E-state index contributed by atoms with van der Waals surface area (Å²) in [6, 6.07) is 10.4. The number of nitrogens with zero attached hydrogens (tertiary/aromatic N) is 1. The highest BCUT2D eigenvalue weighted by Gasteiger charge is 2.30. The summed E-state index contributed by atoms with van der Waals surface area (Å²) < 4.78 is 37.9. The standard InChI is InChI=1S/C20H12Cl2F3N3O2.CH4N2O/c21-14-2-1-3-15(22)17(14)18(29)28-19(30)27-16-9-6-12(10-26-16)11-4-7-13(8-5-11)20(23,24)25;2-1(3)4/h1-10H,(H2,26,27,28,29,30);(H4,2,3,4). The van der Waals surface area contributed by atoms with Crippen molar-refractivity contribution in [3.05, 3.63) is 82.0 Å². The second kappa shape index (κ2) is 11.3. The number of rotatable bonds is 3. The van der Waals surface area contributed by atoms with Gasteiger partial charge in [0.1, 0.15) is 5.82 Å². The van der Waals surface area contributed by atoms with Crippen LogP contribution in [-0.2, 0) is 6.18 Å². The van der Waals surface area contributed by atoms with E-state index in [4.69, 9.17) is 28.0 Å². The maximum atomic E-state index is 12.6. The van der Waals surface area contributed by atoms with E-state index in [1.165, 1.54) is 36.5 Å². The maximum absolute atomic E-state index is 12.6. The molecule has 13 heteroatoms. The molecule has 178 valence electrons. The lowest BCUT2D eigenvalue weighted by Crippen LogP contribution is -2.34. The molecule has 0 radical (unpaired) electrons. The Morgan fingerprint density at radius 3 is 1.85 bits per heavy atom. The molecule has 5 amide bonds. The number of amides is 5. The van der Waals surface area contributed by atoms with Crippen molar-refractivity contribution in [2.45, 2.75) is 6.18 Å². The zero-order valence-electron chi connectivity index (χ0n) is 17.0. The van der Waals surface area contributed by atoms with E-state index in [2.05, 4.69) is 27.1 Å². The zero-order valence-corrected chi connectivity index (χ0v) is 18.5. The highest BCUT2D eigenvalue weighted by atomic mass is 35.5. The number of pyridine rings is 1. The van der Waals surface area contributed by atoms with Crippen LogP contribution in [0.4, 0.5) is 28.6 Å². The third-order valence-electron chi connectivity index (χ3n) is 3.97. The Kier molecular flexibility index (Phi) is 8.82. The number of urea groups is 2. The number of hydrogen-bond donors (Lipinski definition) is 4. The predicted octanol–water partition coefficient (Wildman–Crippen LogP) is 5.06. The maximum Gasteiger partial charge on any atom is 0.416 e. The van der Waals surface area contributed by atoms with E-state index in [1.807, 2.05) is 0 Å². The molecule has 34 heavy (non-hydrogen) atoms. The van der Waals surface area contributed by atoms with Gasteiger partial charge in [0.2, 0.25) is 0 Å². The average Bonchev–Trinajstić information content (AvgIpc) is 2.73. The van der Waals surface area contributed by atoms with Crippen LogP contribution >= 0.6 is 23.2 Å². The number of nitrogens with one attached hydrogen (secondary N) is 2. The summed E-state index contributed by atoms with van der Waals surface area (Å²) >= 11 is 11.9. The molecule has 0 unspecified atom stereocenters. The minimum atomic E-state index is -4.41. The van der Waals surface area contributed by atoms with Gasteiger partial charge >= 0.3 is 18.2 Å². The Labute approximate surface area is 201 Å². The van der Waals surface area contributed by atoms with E-state index in [0.29, 0.717) is 11.1 Å². The average molecular weight is 514 g/mol. The molecule has 1 heterocycles. The van der Waals surface area contributed by atoms with Gasteiger partial charge in [-0.2, -0.15) is 13.2 Å². The molecule has 2 aromatic carbocycles. The van der Waals surface area contributed by atoms with Gasteiger partial charge in [0.05, 0.1) is 21.2 Å². The molecular weight excluding hydrogens is 498 g/mol. The highest BCUT2D eigenvalue weighted by Crippen LogP contribution is 2.31. The molecule has 8 nitrogen and oxygen atoms in total. The van der Waals surface area contributed by atoms with Crippen LogP contribution in [0, 0.1) is 0 Å². The highest BCUT2D eigenvalue weighted by molar-refractivity contribution is 6.40. The van der Waals surface area contributed by atoms with E-state index >= 15 is 0 Å². The first-order chi connectivity index (χ1) is 15.9. The quantitative estimate of drug-likeness (QED) is 0.388. The molecule has 0 spiro atoms. The normalized spacial score (nSPS) is 10.5. The van der Waals surface area contributed by atoms with Crippen LogP contribution in [0.25, 0.3) is 11.1 Å². The Bertz CT molecular complexity index is 1160. The fraction of sp³-hybridized carbons (Fsp3) is 0.0476. The van der Waals surface area contributed by atoms with E-state index in [0.717, 1.165) is 12.1 Å². The minimum absolute atomic E-state index is 0.0402. The number of carbonyl (C=O) groups is 3. The van der Waals surface area contributed by atoms with Crippen molar-refractivity contribution < 1.29 is 27.6 Å². The van der Waals surface area contributed by atoms with Crippen LogP contribution < -0.4 is 22.1 Å². The Morgan fingerprint density at radius 1 is 0.853 bits per heavy atom. The molecule has 0 bridgehead atoms. The molecule has 0 aliphatic heterocycles. The molecule has 6 N–H and O–H groups in total. The summed E-state index contributed by atoms with van der Waals surface area (Å²) in [5.41, 5.74) is 8.78. The monoisotopic (exact) mass is 513 g/mol. The van der Waals surface area contributed by atoms with Gasteiger partial charge in [0.15, 0.2) is 0 Å². The molecule has 0 fully saturated rings. The summed E-state index contributed by atoms with van der Waals surface area (Å²) in [5.74, 6) is -0.661. The van der Waals surface area contributed by atoms with Gasteiger partial charge in [-0.05, 0) is 42.0 Å². The van der Waals surface area contributed by atoms with Crippen molar-refractivity contribution in [3.8, 4) is 11.1 Å². The van der Waals surface area contributed by atoms with Crippen molar-refractivity contribution >= 4 is 47.0 Å². The number of nitrogens with two attached hydrogens (primary N) is 2. The van der Waals surface area contributed by atoms with Crippen molar-refractivity contribution in [1.29, 1.82) is 0 Å². The van der Waals surface area contributed by atoms with Crippen LogP contribution in [-0.4, -0.2) is 23.0 Å². The van der Waals surface area contributed by atoms with Crippen LogP contribution in [0.3, 0.4) is 0 Å². The number of alkyl halides is 3. The Morgan fingerprint density at radius 2 is 1.38 bits per heavy atom. The first-order valence-electron chi connectivity index (χ1n) is 9.13.